The van der Waals surface area contributed by atoms with E-state index in [1.807, 2.05) is 0 Å². The molecule has 100 valence electrons. The minimum absolute atomic E-state index is 0.0682. The molecule has 0 bridgehead atoms. The Kier molecular flexibility index (Phi) is 4.60. The van der Waals surface area contributed by atoms with Crippen molar-refractivity contribution in [3.05, 3.63) is 20.3 Å². The van der Waals surface area contributed by atoms with Crippen molar-refractivity contribution in [2.24, 2.45) is 11.7 Å². The molecule has 2 atom stereocenters. The molecule has 1 aliphatic rings. The van der Waals surface area contributed by atoms with Crippen molar-refractivity contribution in [1.29, 1.82) is 0 Å². The lowest BCUT2D eigenvalue weighted by molar-refractivity contribution is 0.458. The fourth-order valence-electron chi connectivity index (χ4n) is 2.82. The second-order valence-electron chi connectivity index (χ2n) is 4.65. The van der Waals surface area contributed by atoms with E-state index >= 15 is 0 Å². The highest BCUT2D eigenvalue weighted by molar-refractivity contribution is 14.1. The van der Waals surface area contributed by atoms with E-state index in [1.54, 1.807) is 0 Å². The van der Waals surface area contributed by atoms with Gasteiger partial charge in [-0.1, -0.05) is 6.42 Å². The van der Waals surface area contributed by atoms with Crippen molar-refractivity contribution in [2.75, 3.05) is 18.0 Å². The molecule has 0 amide bonds. The lowest BCUT2D eigenvalue weighted by atomic mass is 10.0. The van der Waals surface area contributed by atoms with Crippen LogP contribution in [-0.2, 0) is 0 Å². The Labute approximate surface area is 120 Å². The largest absolute Gasteiger partial charge is 0.352 e. The monoisotopic (exact) mass is 362 g/mol. The number of hydrogen-bond donors (Lipinski definition) is 2. The highest BCUT2D eigenvalue weighted by atomic mass is 127. The number of rotatable bonds is 4. The van der Waals surface area contributed by atoms with Gasteiger partial charge in [0, 0.05) is 12.6 Å². The molecule has 1 aromatic heterocycles. The fraction of sp³-hybridized carbons (Fsp3) is 0.667. The van der Waals surface area contributed by atoms with Gasteiger partial charge in [0.2, 0.25) is 0 Å². The quantitative estimate of drug-likeness (QED) is 0.793. The van der Waals surface area contributed by atoms with Gasteiger partial charge in [-0.3, -0.25) is 4.79 Å². The number of halogens is 1. The molecular formula is C12H19IN4O. The first-order valence-corrected chi connectivity index (χ1v) is 7.46. The summed E-state index contributed by atoms with van der Waals surface area (Å²) in [7, 11) is 0. The Bertz CT molecular complexity index is 462. The van der Waals surface area contributed by atoms with Gasteiger partial charge in [0.05, 0.1) is 6.33 Å². The number of nitrogens with zero attached hydrogens (tertiary/aromatic N) is 2. The van der Waals surface area contributed by atoms with Crippen molar-refractivity contribution in [1.82, 2.24) is 9.97 Å². The SMILES string of the molecule is CCN(c1nc[nH]c(=O)c1I)C1CCCC1CN. The van der Waals surface area contributed by atoms with Crippen LogP contribution in [0.1, 0.15) is 26.2 Å². The Balaban J connectivity index is 2.33. The lowest BCUT2D eigenvalue weighted by Crippen LogP contribution is -2.42. The summed E-state index contributed by atoms with van der Waals surface area (Å²) in [6.07, 6.45) is 5.01. The van der Waals surface area contributed by atoms with Gasteiger partial charge >= 0.3 is 0 Å². The summed E-state index contributed by atoms with van der Waals surface area (Å²) in [6, 6.07) is 0.419. The van der Waals surface area contributed by atoms with Crippen molar-refractivity contribution < 1.29 is 0 Å². The standard InChI is InChI=1S/C12H19IN4O/c1-2-17(9-5-3-4-8(9)6-14)11-10(13)12(18)16-7-15-11/h7-9H,2-6,14H2,1H3,(H,15,16,18). The fourth-order valence-corrected chi connectivity index (χ4v) is 3.42. The maximum atomic E-state index is 11.7. The van der Waals surface area contributed by atoms with E-state index in [1.165, 1.54) is 19.2 Å². The van der Waals surface area contributed by atoms with Gasteiger partial charge in [0.15, 0.2) is 0 Å². The summed E-state index contributed by atoms with van der Waals surface area (Å²) in [5.74, 6) is 1.31. The van der Waals surface area contributed by atoms with Gasteiger partial charge < -0.3 is 15.6 Å². The number of hydrogen-bond acceptors (Lipinski definition) is 4. The zero-order valence-corrected chi connectivity index (χ0v) is 12.7. The van der Waals surface area contributed by atoms with Crippen molar-refractivity contribution in [3.63, 3.8) is 0 Å². The molecule has 2 rings (SSSR count). The third-order valence-electron chi connectivity index (χ3n) is 3.71. The summed E-state index contributed by atoms with van der Waals surface area (Å²) in [4.78, 5) is 20.9. The molecule has 1 fully saturated rings. The summed E-state index contributed by atoms with van der Waals surface area (Å²) < 4.78 is 0.666. The first kappa shape index (κ1) is 13.8. The molecule has 5 nitrogen and oxygen atoms in total. The average Bonchev–Trinajstić information content (AvgIpc) is 2.83. The summed E-state index contributed by atoms with van der Waals surface area (Å²) in [5, 5.41) is 0. The molecule has 0 aliphatic heterocycles. The predicted octanol–water partition coefficient (Wildman–Crippen LogP) is 1.33. The van der Waals surface area contributed by atoms with Gasteiger partial charge in [-0.15, -0.1) is 0 Å². The number of H-pyrrole nitrogens is 1. The smallest absolute Gasteiger partial charge is 0.266 e. The zero-order chi connectivity index (χ0) is 13.1. The van der Waals surface area contributed by atoms with E-state index in [9.17, 15) is 4.79 Å². The third kappa shape index (κ3) is 2.54. The first-order chi connectivity index (χ1) is 8.69. The predicted molar refractivity (Wildman–Crippen MR) is 80.8 cm³/mol. The van der Waals surface area contributed by atoms with Gasteiger partial charge in [0.25, 0.3) is 5.56 Å². The van der Waals surface area contributed by atoms with E-state index in [0.29, 0.717) is 22.1 Å². The average molecular weight is 362 g/mol. The number of aromatic nitrogens is 2. The molecule has 1 aliphatic carbocycles. The minimum Gasteiger partial charge on any atom is -0.352 e. The molecule has 1 aromatic rings. The van der Waals surface area contributed by atoms with E-state index < -0.39 is 0 Å². The van der Waals surface area contributed by atoms with E-state index in [-0.39, 0.29) is 5.56 Å². The maximum absolute atomic E-state index is 11.7. The Morgan fingerprint density at radius 2 is 2.39 bits per heavy atom. The van der Waals surface area contributed by atoms with Crippen LogP contribution in [0.25, 0.3) is 0 Å². The molecule has 3 N–H and O–H groups in total. The molecule has 0 radical (unpaired) electrons. The molecule has 0 spiro atoms. The van der Waals surface area contributed by atoms with Crippen molar-refractivity contribution in [2.45, 2.75) is 32.2 Å². The second-order valence-corrected chi connectivity index (χ2v) is 5.73. The Morgan fingerprint density at radius 1 is 1.61 bits per heavy atom. The van der Waals surface area contributed by atoms with Crippen LogP contribution in [0, 0.1) is 9.49 Å². The highest BCUT2D eigenvalue weighted by Crippen LogP contribution is 2.32. The number of anilines is 1. The molecule has 1 saturated carbocycles. The van der Waals surface area contributed by atoms with Crippen molar-refractivity contribution >= 4 is 28.4 Å². The van der Waals surface area contributed by atoms with Crippen LogP contribution >= 0.6 is 22.6 Å². The number of nitrogens with two attached hydrogens (primary N) is 1. The topological polar surface area (TPSA) is 75.0 Å². The first-order valence-electron chi connectivity index (χ1n) is 6.39. The van der Waals surface area contributed by atoms with Gasteiger partial charge in [0.1, 0.15) is 9.39 Å². The van der Waals surface area contributed by atoms with Crippen LogP contribution in [0.15, 0.2) is 11.1 Å². The lowest BCUT2D eigenvalue weighted by Gasteiger charge is -2.33. The van der Waals surface area contributed by atoms with E-state index in [2.05, 4.69) is 44.4 Å². The Morgan fingerprint density at radius 3 is 3.06 bits per heavy atom. The van der Waals surface area contributed by atoms with Gasteiger partial charge in [-0.25, -0.2) is 4.98 Å². The zero-order valence-electron chi connectivity index (χ0n) is 10.5. The van der Waals surface area contributed by atoms with Crippen LogP contribution in [0.5, 0.6) is 0 Å². The van der Waals surface area contributed by atoms with Crippen LogP contribution in [-0.4, -0.2) is 29.1 Å². The van der Waals surface area contributed by atoms with Crippen LogP contribution in [0.2, 0.25) is 0 Å². The summed E-state index contributed by atoms with van der Waals surface area (Å²) in [6.45, 7) is 3.67. The van der Waals surface area contributed by atoms with Crippen LogP contribution in [0.4, 0.5) is 5.82 Å². The molecule has 0 saturated heterocycles. The normalized spacial score (nSPS) is 23.3. The molecule has 1 heterocycles. The third-order valence-corrected chi connectivity index (χ3v) is 4.69. The molecule has 0 aromatic carbocycles. The number of aromatic amines is 1. The van der Waals surface area contributed by atoms with Crippen molar-refractivity contribution in [3.8, 4) is 0 Å². The van der Waals surface area contributed by atoms with Crippen LogP contribution < -0.4 is 16.2 Å². The Hall–Kier alpha value is -0.630. The van der Waals surface area contributed by atoms with Gasteiger partial charge in [-0.05, 0) is 54.8 Å². The second kappa shape index (κ2) is 6.01. The number of nitrogens with one attached hydrogen (secondary N) is 1. The highest BCUT2D eigenvalue weighted by Gasteiger charge is 2.32. The van der Waals surface area contributed by atoms with Gasteiger partial charge in [-0.2, -0.15) is 0 Å². The molecule has 2 unspecified atom stereocenters. The summed E-state index contributed by atoms with van der Waals surface area (Å²) >= 11 is 2.07. The molecule has 6 heteroatoms. The maximum Gasteiger partial charge on any atom is 0.266 e. The summed E-state index contributed by atoms with van der Waals surface area (Å²) in [5.41, 5.74) is 5.78. The van der Waals surface area contributed by atoms with Crippen LogP contribution in [0.3, 0.4) is 0 Å². The molecular weight excluding hydrogens is 343 g/mol. The minimum atomic E-state index is -0.0682. The molecule has 18 heavy (non-hydrogen) atoms. The van der Waals surface area contributed by atoms with E-state index in [4.69, 9.17) is 5.73 Å². The van der Waals surface area contributed by atoms with E-state index in [0.717, 1.165) is 18.8 Å².